The van der Waals surface area contributed by atoms with E-state index in [0.29, 0.717) is 18.8 Å². The Labute approximate surface area is 144 Å². The minimum absolute atomic E-state index is 0.117. The summed E-state index contributed by atoms with van der Waals surface area (Å²) < 4.78 is 5.47. The highest BCUT2D eigenvalue weighted by Crippen LogP contribution is 2.46. The molecule has 126 valence electrons. The van der Waals surface area contributed by atoms with Crippen LogP contribution in [0.5, 0.6) is 0 Å². The van der Waals surface area contributed by atoms with Gasteiger partial charge < -0.3 is 14.2 Å². The van der Waals surface area contributed by atoms with Gasteiger partial charge in [-0.15, -0.1) is 0 Å². The molecule has 4 rings (SSSR count). The molecule has 6 heteroatoms. The van der Waals surface area contributed by atoms with E-state index in [1.165, 1.54) is 0 Å². The van der Waals surface area contributed by atoms with Crippen molar-refractivity contribution < 1.29 is 14.0 Å². The minimum Gasteiger partial charge on any atom is -0.456 e. The molecule has 0 N–H and O–H groups in total. The quantitative estimate of drug-likeness (QED) is 0.841. The Bertz CT molecular complexity index is 782. The van der Waals surface area contributed by atoms with Gasteiger partial charge in [0.05, 0.1) is 11.1 Å². The van der Waals surface area contributed by atoms with Gasteiger partial charge in [0, 0.05) is 25.0 Å². The van der Waals surface area contributed by atoms with E-state index < -0.39 is 5.41 Å². The largest absolute Gasteiger partial charge is 0.456 e. The molecule has 2 amide bonds. The first kappa shape index (κ1) is 15.4. The van der Waals surface area contributed by atoms with E-state index >= 15 is 0 Å². The fraction of sp³-hybridized carbons (Fsp3) is 0.444. The van der Waals surface area contributed by atoms with Crippen LogP contribution in [0.15, 0.2) is 33.4 Å². The lowest BCUT2D eigenvalue weighted by Crippen LogP contribution is -2.40. The Morgan fingerprint density at radius 1 is 1.38 bits per heavy atom. The number of carbonyl (C=O) groups is 2. The van der Waals surface area contributed by atoms with Crippen LogP contribution in [0.25, 0.3) is 0 Å². The zero-order valence-corrected chi connectivity index (χ0v) is 14.6. The van der Waals surface area contributed by atoms with Gasteiger partial charge in [-0.3, -0.25) is 9.59 Å². The summed E-state index contributed by atoms with van der Waals surface area (Å²) in [5.41, 5.74) is 0.514. The molecule has 0 saturated carbocycles. The summed E-state index contributed by atoms with van der Waals surface area (Å²) in [6.07, 6.45) is 0.795. The van der Waals surface area contributed by atoms with Gasteiger partial charge in [0.2, 0.25) is 5.91 Å². The van der Waals surface area contributed by atoms with Gasteiger partial charge >= 0.3 is 0 Å². The maximum atomic E-state index is 13.1. The van der Waals surface area contributed by atoms with Crippen LogP contribution in [0.3, 0.4) is 0 Å². The predicted molar refractivity (Wildman–Crippen MR) is 92.2 cm³/mol. The molecule has 2 aromatic heterocycles. The van der Waals surface area contributed by atoms with Crippen LogP contribution in [0.2, 0.25) is 0 Å². The molecule has 2 aliphatic rings. The minimum atomic E-state index is -0.459. The van der Waals surface area contributed by atoms with Gasteiger partial charge in [0.15, 0.2) is 5.76 Å². The van der Waals surface area contributed by atoms with E-state index in [2.05, 4.69) is 6.92 Å². The van der Waals surface area contributed by atoms with Crippen LogP contribution in [0.1, 0.15) is 29.7 Å². The standard InChI is InChI=1S/C18H20N2O3S/c1-12-9-19(16(21)15-4-3-13(2)23-15)11-18(12)6-7-20(17(18)22)14-5-8-24-10-14/h3-5,8,10,12H,6-7,9,11H2,1-2H3/t12-,18-/m1/s1. The molecule has 0 unspecified atom stereocenters. The Morgan fingerprint density at radius 3 is 2.88 bits per heavy atom. The number of rotatable bonds is 2. The third kappa shape index (κ3) is 2.20. The molecule has 2 aliphatic heterocycles. The average Bonchev–Trinajstić information content (AvgIpc) is 3.31. The fourth-order valence-electron chi connectivity index (χ4n) is 3.98. The second kappa shape index (κ2) is 5.48. The summed E-state index contributed by atoms with van der Waals surface area (Å²) in [5, 5.41) is 3.99. The van der Waals surface area contributed by atoms with Crippen LogP contribution in [0, 0.1) is 18.3 Å². The summed E-state index contributed by atoms with van der Waals surface area (Å²) in [6, 6.07) is 5.48. The molecule has 2 atom stereocenters. The Morgan fingerprint density at radius 2 is 2.21 bits per heavy atom. The van der Waals surface area contributed by atoms with E-state index in [-0.39, 0.29) is 17.7 Å². The Hall–Kier alpha value is -2.08. The number of furan rings is 1. The zero-order chi connectivity index (χ0) is 16.9. The smallest absolute Gasteiger partial charge is 0.289 e. The molecule has 2 fully saturated rings. The van der Waals surface area contributed by atoms with Crippen molar-refractivity contribution in [2.45, 2.75) is 20.3 Å². The van der Waals surface area contributed by atoms with Crippen molar-refractivity contribution >= 4 is 28.8 Å². The maximum Gasteiger partial charge on any atom is 0.289 e. The summed E-state index contributed by atoms with van der Waals surface area (Å²) in [6.45, 7) is 5.70. The van der Waals surface area contributed by atoms with Crippen molar-refractivity contribution in [1.29, 1.82) is 0 Å². The first-order valence-corrected chi connectivity index (χ1v) is 9.15. The number of thiophene rings is 1. The molecule has 0 aliphatic carbocycles. The van der Waals surface area contributed by atoms with Gasteiger partial charge in [0.25, 0.3) is 5.91 Å². The molecule has 0 aromatic carbocycles. The average molecular weight is 344 g/mol. The Balaban J connectivity index is 1.57. The molecule has 5 nitrogen and oxygen atoms in total. The van der Waals surface area contributed by atoms with E-state index in [1.54, 1.807) is 28.4 Å². The summed E-state index contributed by atoms with van der Waals surface area (Å²) >= 11 is 1.59. The maximum absolute atomic E-state index is 13.1. The number of amides is 2. The molecule has 0 radical (unpaired) electrons. The van der Waals surface area contributed by atoms with Crippen LogP contribution in [-0.2, 0) is 4.79 Å². The summed E-state index contributed by atoms with van der Waals surface area (Å²) in [5.74, 6) is 1.26. The second-order valence-corrected chi connectivity index (χ2v) is 7.62. The first-order valence-electron chi connectivity index (χ1n) is 8.21. The number of aryl methyl sites for hydroxylation is 1. The zero-order valence-electron chi connectivity index (χ0n) is 13.8. The third-order valence-corrected chi connectivity index (χ3v) is 6.09. The highest BCUT2D eigenvalue weighted by Gasteiger charge is 2.56. The molecule has 0 bridgehead atoms. The number of anilines is 1. The number of hydrogen-bond acceptors (Lipinski definition) is 4. The third-order valence-electron chi connectivity index (χ3n) is 5.42. The first-order chi connectivity index (χ1) is 11.5. The molecular weight excluding hydrogens is 324 g/mol. The lowest BCUT2D eigenvalue weighted by molar-refractivity contribution is -0.126. The number of hydrogen-bond donors (Lipinski definition) is 0. The molecule has 2 aromatic rings. The van der Waals surface area contributed by atoms with Gasteiger partial charge in [-0.2, -0.15) is 11.3 Å². The summed E-state index contributed by atoms with van der Waals surface area (Å²) in [7, 11) is 0. The van der Waals surface area contributed by atoms with Crippen molar-refractivity contribution in [2.24, 2.45) is 11.3 Å². The van der Waals surface area contributed by atoms with Gasteiger partial charge in [-0.1, -0.05) is 6.92 Å². The monoisotopic (exact) mass is 344 g/mol. The summed E-state index contributed by atoms with van der Waals surface area (Å²) in [4.78, 5) is 29.4. The lowest BCUT2D eigenvalue weighted by Gasteiger charge is -2.26. The SMILES string of the molecule is Cc1ccc(C(=O)N2C[C@@H](C)[C@@]3(CCN(c4ccsc4)C3=O)C2)o1. The predicted octanol–water partition coefficient (Wildman–Crippen LogP) is 3.16. The van der Waals surface area contributed by atoms with Gasteiger partial charge in [-0.25, -0.2) is 0 Å². The lowest BCUT2D eigenvalue weighted by atomic mass is 9.78. The number of nitrogens with zero attached hydrogens (tertiary/aromatic N) is 2. The van der Waals surface area contributed by atoms with E-state index in [1.807, 2.05) is 28.7 Å². The number of carbonyl (C=O) groups excluding carboxylic acids is 2. The second-order valence-electron chi connectivity index (χ2n) is 6.84. The molecule has 24 heavy (non-hydrogen) atoms. The van der Waals surface area contributed by atoms with Crippen molar-refractivity contribution in [3.63, 3.8) is 0 Å². The van der Waals surface area contributed by atoms with Crippen LogP contribution >= 0.6 is 11.3 Å². The highest BCUT2D eigenvalue weighted by atomic mass is 32.1. The van der Waals surface area contributed by atoms with E-state index in [9.17, 15) is 9.59 Å². The molecule has 4 heterocycles. The van der Waals surface area contributed by atoms with Gasteiger partial charge in [-0.05, 0) is 42.8 Å². The molecule has 1 spiro atoms. The molecular formula is C18H20N2O3S. The van der Waals surface area contributed by atoms with Crippen LogP contribution < -0.4 is 4.90 Å². The van der Waals surface area contributed by atoms with Crippen LogP contribution in [0.4, 0.5) is 5.69 Å². The Kier molecular flexibility index (Phi) is 3.53. The number of likely N-dealkylation sites (tertiary alicyclic amines) is 1. The fourth-order valence-corrected chi connectivity index (χ4v) is 4.62. The van der Waals surface area contributed by atoms with E-state index in [0.717, 1.165) is 24.4 Å². The normalized spacial score (nSPS) is 26.8. The van der Waals surface area contributed by atoms with Gasteiger partial charge in [0.1, 0.15) is 5.76 Å². The van der Waals surface area contributed by atoms with Crippen molar-refractivity contribution in [3.8, 4) is 0 Å². The van der Waals surface area contributed by atoms with Crippen molar-refractivity contribution in [2.75, 3.05) is 24.5 Å². The topological polar surface area (TPSA) is 53.8 Å². The van der Waals surface area contributed by atoms with Crippen molar-refractivity contribution in [3.05, 3.63) is 40.5 Å². The van der Waals surface area contributed by atoms with Crippen LogP contribution in [-0.4, -0.2) is 36.3 Å². The molecule has 2 saturated heterocycles. The van der Waals surface area contributed by atoms with Crippen molar-refractivity contribution in [1.82, 2.24) is 4.90 Å². The van der Waals surface area contributed by atoms with E-state index in [4.69, 9.17) is 4.42 Å². The highest BCUT2D eigenvalue weighted by molar-refractivity contribution is 7.08.